The number of aliphatic hydroxyl groups excluding tert-OH is 1. The summed E-state index contributed by atoms with van der Waals surface area (Å²) < 4.78 is 5.55. The van der Waals surface area contributed by atoms with Crippen molar-refractivity contribution in [3.63, 3.8) is 0 Å². The van der Waals surface area contributed by atoms with Gasteiger partial charge in [0.05, 0.1) is 25.8 Å². The molecule has 3 aliphatic rings. The van der Waals surface area contributed by atoms with Crippen LogP contribution in [0, 0.1) is 11.8 Å². The van der Waals surface area contributed by atoms with Gasteiger partial charge in [-0.15, -0.1) is 0 Å². The van der Waals surface area contributed by atoms with Crippen LogP contribution in [0.25, 0.3) is 11.1 Å². The number of anilines is 1. The van der Waals surface area contributed by atoms with E-state index in [1.165, 1.54) is 0 Å². The van der Waals surface area contributed by atoms with Crippen molar-refractivity contribution in [1.82, 2.24) is 4.90 Å². The molecular formula is C23H26N2O3. The van der Waals surface area contributed by atoms with Crippen molar-refractivity contribution in [2.24, 2.45) is 11.8 Å². The molecule has 2 heterocycles. The second kappa shape index (κ2) is 6.82. The van der Waals surface area contributed by atoms with Gasteiger partial charge in [0.15, 0.2) is 0 Å². The van der Waals surface area contributed by atoms with E-state index in [1.807, 2.05) is 18.2 Å². The van der Waals surface area contributed by atoms with Crippen LogP contribution in [-0.2, 0) is 4.79 Å². The zero-order chi connectivity index (χ0) is 19.3. The highest BCUT2D eigenvalue weighted by Gasteiger charge is 2.48. The summed E-state index contributed by atoms with van der Waals surface area (Å²) in [5, 5.41) is 13.4. The van der Waals surface area contributed by atoms with E-state index >= 15 is 0 Å². The molecule has 5 rings (SSSR count). The molecule has 1 amide bonds. The van der Waals surface area contributed by atoms with E-state index < -0.39 is 0 Å². The van der Waals surface area contributed by atoms with Crippen LogP contribution in [0.15, 0.2) is 42.5 Å². The van der Waals surface area contributed by atoms with Gasteiger partial charge in [0.2, 0.25) is 5.91 Å². The third-order valence-electron chi connectivity index (χ3n) is 6.50. The zero-order valence-electron chi connectivity index (χ0n) is 16.1. The Morgan fingerprint density at radius 2 is 2.04 bits per heavy atom. The molecule has 0 bridgehead atoms. The van der Waals surface area contributed by atoms with Gasteiger partial charge in [-0.2, -0.15) is 0 Å². The number of nitrogens with zero attached hydrogens (tertiary/aromatic N) is 1. The third-order valence-corrected chi connectivity index (χ3v) is 6.50. The number of aliphatic hydroxyl groups is 1. The number of hydrogen-bond acceptors (Lipinski definition) is 4. The first kappa shape index (κ1) is 17.6. The molecule has 0 aromatic heterocycles. The Morgan fingerprint density at radius 3 is 2.79 bits per heavy atom. The molecular weight excluding hydrogens is 352 g/mol. The predicted octanol–water partition coefficient (Wildman–Crippen LogP) is 3.45. The Hall–Kier alpha value is -2.53. The fraction of sp³-hybridized carbons (Fsp3) is 0.435. The summed E-state index contributed by atoms with van der Waals surface area (Å²) >= 11 is 0. The van der Waals surface area contributed by atoms with Crippen LogP contribution < -0.4 is 10.1 Å². The number of benzene rings is 2. The van der Waals surface area contributed by atoms with Gasteiger partial charge in [0, 0.05) is 29.6 Å². The third kappa shape index (κ3) is 2.76. The second-order valence-corrected chi connectivity index (χ2v) is 8.14. The summed E-state index contributed by atoms with van der Waals surface area (Å²) in [6.45, 7) is 0.863. The maximum Gasteiger partial charge on any atom is 0.226 e. The first-order valence-electron chi connectivity index (χ1n) is 10.2. The SMILES string of the molecule is COc1ccccc1-c1ccc2c(c1)[C@H]1[C@H](CCN1C(=O)C1CC1)[C@H](CO)N2. The van der Waals surface area contributed by atoms with Crippen molar-refractivity contribution in [2.45, 2.75) is 31.3 Å². The number of carbonyl (C=O) groups excluding carboxylic acids is 1. The minimum Gasteiger partial charge on any atom is -0.496 e. The van der Waals surface area contributed by atoms with E-state index in [1.54, 1.807) is 7.11 Å². The summed E-state index contributed by atoms with van der Waals surface area (Å²) in [6.07, 6.45) is 2.96. The van der Waals surface area contributed by atoms with E-state index in [4.69, 9.17) is 4.74 Å². The van der Waals surface area contributed by atoms with E-state index in [9.17, 15) is 9.90 Å². The molecule has 3 atom stereocenters. The lowest BCUT2D eigenvalue weighted by molar-refractivity contribution is -0.134. The molecule has 2 aromatic carbocycles. The lowest BCUT2D eigenvalue weighted by Gasteiger charge is -2.39. The molecule has 2 aliphatic heterocycles. The Labute approximate surface area is 165 Å². The molecule has 5 nitrogen and oxygen atoms in total. The van der Waals surface area contributed by atoms with E-state index in [2.05, 4.69) is 34.5 Å². The molecule has 1 aliphatic carbocycles. The average molecular weight is 378 g/mol. The average Bonchev–Trinajstić information content (AvgIpc) is 3.50. The maximum absolute atomic E-state index is 12.9. The highest BCUT2D eigenvalue weighted by Crippen LogP contribution is 2.49. The smallest absolute Gasteiger partial charge is 0.226 e. The number of amides is 1. The summed E-state index contributed by atoms with van der Waals surface area (Å²) in [4.78, 5) is 15.0. The van der Waals surface area contributed by atoms with Crippen molar-refractivity contribution in [3.8, 4) is 16.9 Å². The Balaban J connectivity index is 1.59. The number of nitrogens with one attached hydrogen (secondary N) is 1. The van der Waals surface area contributed by atoms with Gasteiger partial charge in [0.25, 0.3) is 0 Å². The van der Waals surface area contributed by atoms with Gasteiger partial charge < -0.3 is 20.1 Å². The second-order valence-electron chi connectivity index (χ2n) is 8.14. The Morgan fingerprint density at radius 1 is 1.21 bits per heavy atom. The Kier molecular flexibility index (Phi) is 4.27. The predicted molar refractivity (Wildman–Crippen MR) is 108 cm³/mol. The zero-order valence-corrected chi connectivity index (χ0v) is 16.1. The number of likely N-dealkylation sites (tertiary alicyclic amines) is 1. The van der Waals surface area contributed by atoms with Gasteiger partial charge in [0.1, 0.15) is 5.75 Å². The number of rotatable bonds is 4. The molecule has 0 unspecified atom stereocenters. The van der Waals surface area contributed by atoms with E-state index in [0.29, 0.717) is 5.91 Å². The quantitative estimate of drug-likeness (QED) is 0.856. The highest BCUT2D eigenvalue weighted by molar-refractivity contribution is 5.83. The highest BCUT2D eigenvalue weighted by atomic mass is 16.5. The van der Waals surface area contributed by atoms with Crippen molar-refractivity contribution in [3.05, 3.63) is 48.0 Å². The fourth-order valence-corrected chi connectivity index (χ4v) is 4.93. The first-order valence-corrected chi connectivity index (χ1v) is 10.2. The standard InChI is InChI=1S/C23H26N2O3/c1-28-21-5-3-2-4-16(21)15-8-9-19-18(12-15)22-17(20(13-26)24-19)10-11-25(22)23(27)14-6-7-14/h2-5,8-9,12,14,17,20,22,24,26H,6-7,10-11,13H2,1H3/t17-,20+,22-/m1/s1. The summed E-state index contributed by atoms with van der Waals surface area (Å²) in [5.74, 6) is 1.59. The lowest BCUT2D eigenvalue weighted by atomic mass is 9.82. The molecule has 0 spiro atoms. The monoisotopic (exact) mass is 378 g/mol. The first-order chi connectivity index (χ1) is 13.7. The van der Waals surface area contributed by atoms with Crippen molar-refractivity contribution < 1.29 is 14.6 Å². The molecule has 5 heteroatoms. The molecule has 28 heavy (non-hydrogen) atoms. The van der Waals surface area contributed by atoms with Gasteiger partial charge in [-0.1, -0.05) is 24.3 Å². The van der Waals surface area contributed by atoms with Crippen LogP contribution >= 0.6 is 0 Å². The minimum atomic E-state index is -0.00776. The number of ether oxygens (including phenoxy) is 1. The molecule has 2 N–H and O–H groups in total. The molecule has 2 aromatic rings. The van der Waals surface area contributed by atoms with Crippen LogP contribution in [-0.4, -0.2) is 42.2 Å². The van der Waals surface area contributed by atoms with Crippen molar-refractivity contribution in [2.75, 3.05) is 25.6 Å². The Bertz CT molecular complexity index is 908. The summed E-state index contributed by atoms with van der Waals surface area (Å²) in [5.41, 5.74) is 4.32. The number of carbonyl (C=O) groups is 1. The van der Waals surface area contributed by atoms with Gasteiger partial charge in [-0.25, -0.2) is 0 Å². The maximum atomic E-state index is 12.9. The topological polar surface area (TPSA) is 61.8 Å². The van der Waals surface area contributed by atoms with Crippen LogP contribution in [0.1, 0.15) is 30.9 Å². The number of methoxy groups -OCH3 is 1. The van der Waals surface area contributed by atoms with Gasteiger partial charge in [-0.05, 0) is 48.6 Å². The number of para-hydroxylation sites is 1. The van der Waals surface area contributed by atoms with Crippen LogP contribution in [0.2, 0.25) is 0 Å². The summed E-state index contributed by atoms with van der Waals surface area (Å²) in [6, 6.07) is 14.4. The van der Waals surface area contributed by atoms with E-state index in [-0.39, 0.29) is 30.5 Å². The minimum absolute atomic E-state index is 0.00776. The van der Waals surface area contributed by atoms with Gasteiger partial charge >= 0.3 is 0 Å². The van der Waals surface area contributed by atoms with Crippen molar-refractivity contribution in [1.29, 1.82) is 0 Å². The van der Waals surface area contributed by atoms with Crippen LogP contribution in [0.5, 0.6) is 5.75 Å². The fourth-order valence-electron chi connectivity index (χ4n) is 4.93. The molecule has 1 saturated carbocycles. The van der Waals surface area contributed by atoms with Crippen molar-refractivity contribution >= 4 is 11.6 Å². The van der Waals surface area contributed by atoms with Crippen LogP contribution in [0.3, 0.4) is 0 Å². The van der Waals surface area contributed by atoms with Gasteiger partial charge in [-0.3, -0.25) is 4.79 Å². The molecule has 0 radical (unpaired) electrons. The molecule has 1 saturated heterocycles. The largest absolute Gasteiger partial charge is 0.496 e. The summed E-state index contributed by atoms with van der Waals surface area (Å²) in [7, 11) is 1.69. The lowest BCUT2D eigenvalue weighted by Crippen LogP contribution is -2.43. The number of hydrogen-bond donors (Lipinski definition) is 2. The normalized spacial score (nSPS) is 25.6. The molecule has 2 fully saturated rings. The van der Waals surface area contributed by atoms with E-state index in [0.717, 1.165) is 53.9 Å². The van der Waals surface area contributed by atoms with Crippen LogP contribution in [0.4, 0.5) is 5.69 Å². The molecule has 146 valence electrons. The number of fused-ring (bicyclic) bond motifs is 3.